The molecule has 1 aromatic carbocycles. The third-order valence-electron chi connectivity index (χ3n) is 6.21. The number of carbonyl (C=O) groups excluding carboxylic acids is 1. The van der Waals surface area contributed by atoms with Crippen molar-refractivity contribution in [3.8, 4) is 16.9 Å². The molecule has 1 fully saturated rings. The van der Waals surface area contributed by atoms with Gasteiger partial charge in [-0.05, 0) is 75.3 Å². The van der Waals surface area contributed by atoms with E-state index in [0.717, 1.165) is 48.3 Å². The summed E-state index contributed by atoms with van der Waals surface area (Å²) in [6.45, 7) is 4.21. The van der Waals surface area contributed by atoms with Gasteiger partial charge >= 0.3 is 0 Å². The number of rotatable bonds is 7. The Bertz CT molecular complexity index is 1080. The Morgan fingerprint density at radius 1 is 1.18 bits per heavy atom. The molecule has 172 valence electrons. The van der Waals surface area contributed by atoms with E-state index in [1.165, 1.54) is 12.1 Å². The Labute approximate surface area is 193 Å². The topological polar surface area (TPSA) is 77.0 Å². The lowest BCUT2D eigenvalue weighted by molar-refractivity contribution is -0.127. The average molecular weight is 449 g/mol. The van der Waals surface area contributed by atoms with Crippen LogP contribution in [-0.4, -0.2) is 33.5 Å². The van der Waals surface area contributed by atoms with Crippen molar-refractivity contribution in [2.45, 2.75) is 51.6 Å². The van der Waals surface area contributed by atoms with E-state index in [1.807, 2.05) is 25.3 Å². The third kappa shape index (κ3) is 5.92. The van der Waals surface area contributed by atoms with E-state index in [1.54, 1.807) is 31.5 Å². The number of carbonyl (C=O) groups is 1. The molecule has 1 aliphatic rings. The fraction of sp³-hybridized carbons (Fsp3) is 0.385. The highest BCUT2D eigenvalue weighted by molar-refractivity contribution is 5.80. The van der Waals surface area contributed by atoms with Gasteiger partial charge < -0.3 is 10.1 Å². The van der Waals surface area contributed by atoms with Crippen molar-refractivity contribution in [1.82, 2.24) is 20.3 Å². The molecule has 7 heteroatoms. The second-order valence-corrected chi connectivity index (χ2v) is 8.63. The molecule has 1 amide bonds. The standard InChI is InChI=1S/C26H29FN4O2/c1-17(33-23-5-3-4-22(27)14-23)26(32)30-15-19-6-8-21(9-7-19)25-24(16-29-18(2)31-25)20-10-12-28-13-11-20/h3-5,10-14,16-17,19,21H,6-9,15H2,1-2H3,(H,30,32)/t17-,19?,21?/m1/s1. The molecular weight excluding hydrogens is 419 g/mol. The number of nitrogens with zero attached hydrogens (tertiary/aromatic N) is 3. The van der Waals surface area contributed by atoms with Gasteiger partial charge in [-0.2, -0.15) is 0 Å². The lowest BCUT2D eigenvalue weighted by atomic mass is 9.79. The van der Waals surface area contributed by atoms with Crippen LogP contribution in [0.3, 0.4) is 0 Å². The number of aryl methyl sites for hydroxylation is 1. The molecule has 33 heavy (non-hydrogen) atoms. The van der Waals surface area contributed by atoms with Gasteiger partial charge in [0.2, 0.25) is 0 Å². The predicted octanol–water partition coefficient (Wildman–Crippen LogP) is 4.84. The zero-order chi connectivity index (χ0) is 23.2. The van der Waals surface area contributed by atoms with Crippen molar-refractivity contribution < 1.29 is 13.9 Å². The van der Waals surface area contributed by atoms with Crippen molar-refractivity contribution in [2.75, 3.05) is 6.54 Å². The monoisotopic (exact) mass is 448 g/mol. The molecule has 4 rings (SSSR count). The normalized spacial score (nSPS) is 19.0. The summed E-state index contributed by atoms with van der Waals surface area (Å²) in [7, 11) is 0. The SMILES string of the molecule is Cc1ncc(-c2ccncc2)c(C2CCC(CNC(=O)[C@@H](C)Oc3cccc(F)c3)CC2)n1. The van der Waals surface area contributed by atoms with Gasteiger partial charge in [-0.3, -0.25) is 9.78 Å². The molecule has 0 spiro atoms. The molecule has 1 N–H and O–H groups in total. The Balaban J connectivity index is 1.31. The molecule has 2 aromatic heterocycles. The highest BCUT2D eigenvalue weighted by Crippen LogP contribution is 2.38. The summed E-state index contributed by atoms with van der Waals surface area (Å²) < 4.78 is 18.9. The Kier molecular flexibility index (Phi) is 7.27. The molecule has 0 saturated heterocycles. The van der Waals surface area contributed by atoms with E-state index in [4.69, 9.17) is 9.72 Å². The number of benzene rings is 1. The van der Waals surface area contributed by atoms with Crippen LogP contribution < -0.4 is 10.1 Å². The summed E-state index contributed by atoms with van der Waals surface area (Å²) in [4.78, 5) is 25.8. The molecule has 0 unspecified atom stereocenters. The molecule has 1 saturated carbocycles. The van der Waals surface area contributed by atoms with Crippen molar-refractivity contribution in [3.05, 3.63) is 72.3 Å². The molecule has 2 heterocycles. The van der Waals surface area contributed by atoms with Crippen LogP contribution in [0.5, 0.6) is 5.75 Å². The molecule has 6 nitrogen and oxygen atoms in total. The van der Waals surface area contributed by atoms with Crippen LogP contribution in [-0.2, 0) is 4.79 Å². The van der Waals surface area contributed by atoms with Crippen LogP contribution in [0.2, 0.25) is 0 Å². The second kappa shape index (κ2) is 10.5. The summed E-state index contributed by atoms with van der Waals surface area (Å²) >= 11 is 0. The van der Waals surface area contributed by atoms with Crippen LogP contribution in [0.1, 0.15) is 50.0 Å². The van der Waals surface area contributed by atoms with Gasteiger partial charge in [0.15, 0.2) is 6.10 Å². The van der Waals surface area contributed by atoms with Gasteiger partial charge in [-0.25, -0.2) is 14.4 Å². The first-order chi connectivity index (χ1) is 16.0. The van der Waals surface area contributed by atoms with E-state index in [9.17, 15) is 9.18 Å². The summed E-state index contributed by atoms with van der Waals surface area (Å²) in [5, 5.41) is 3.00. The van der Waals surface area contributed by atoms with Gasteiger partial charge in [0.1, 0.15) is 17.4 Å². The van der Waals surface area contributed by atoms with Crippen molar-refractivity contribution in [1.29, 1.82) is 0 Å². The minimum absolute atomic E-state index is 0.187. The van der Waals surface area contributed by atoms with Crippen LogP contribution >= 0.6 is 0 Å². The number of halogens is 1. The highest BCUT2D eigenvalue weighted by Gasteiger charge is 2.27. The summed E-state index contributed by atoms with van der Waals surface area (Å²) in [5.41, 5.74) is 3.26. The van der Waals surface area contributed by atoms with Gasteiger partial charge in [0, 0.05) is 42.7 Å². The van der Waals surface area contributed by atoms with Crippen LogP contribution in [0.15, 0.2) is 55.0 Å². The van der Waals surface area contributed by atoms with Crippen molar-refractivity contribution in [3.63, 3.8) is 0 Å². The zero-order valence-electron chi connectivity index (χ0n) is 19.0. The molecule has 0 radical (unpaired) electrons. The summed E-state index contributed by atoms with van der Waals surface area (Å²) in [6, 6.07) is 9.81. The number of aromatic nitrogens is 3. The number of hydrogen-bond donors (Lipinski definition) is 1. The highest BCUT2D eigenvalue weighted by atomic mass is 19.1. The summed E-state index contributed by atoms with van der Waals surface area (Å²) in [6.07, 6.45) is 8.88. The molecule has 3 aromatic rings. The minimum atomic E-state index is -0.685. The third-order valence-corrected chi connectivity index (χ3v) is 6.21. The number of ether oxygens (including phenoxy) is 1. The van der Waals surface area contributed by atoms with Gasteiger partial charge in [-0.15, -0.1) is 0 Å². The molecule has 1 aliphatic carbocycles. The zero-order valence-corrected chi connectivity index (χ0v) is 19.0. The van der Waals surface area contributed by atoms with Crippen molar-refractivity contribution >= 4 is 5.91 Å². The second-order valence-electron chi connectivity index (χ2n) is 8.63. The fourth-order valence-electron chi connectivity index (χ4n) is 4.38. The number of hydrogen-bond acceptors (Lipinski definition) is 5. The predicted molar refractivity (Wildman–Crippen MR) is 124 cm³/mol. The maximum Gasteiger partial charge on any atom is 0.260 e. The van der Waals surface area contributed by atoms with Gasteiger partial charge in [-0.1, -0.05) is 6.07 Å². The molecule has 1 atom stereocenters. The maximum atomic E-state index is 13.3. The number of nitrogens with one attached hydrogen (secondary N) is 1. The minimum Gasteiger partial charge on any atom is -0.481 e. The van der Waals surface area contributed by atoms with E-state index < -0.39 is 6.10 Å². The van der Waals surface area contributed by atoms with Crippen LogP contribution in [0.25, 0.3) is 11.1 Å². The summed E-state index contributed by atoms with van der Waals surface area (Å²) in [5.74, 6) is 1.35. The molecular formula is C26H29FN4O2. The fourth-order valence-corrected chi connectivity index (χ4v) is 4.38. The largest absolute Gasteiger partial charge is 0.481 e. The Hall–Kier alpha value is -3.35. The quantitative estimate of drug-likeness (QED) is 0.559. The van der Waals surface area contributed by atoms with E-state index in [2.05, 4.69) is 15.3 Å². The maximum absolute atomic E-state index is 13.3. The van der Waals surface area contributed by atoms with E-state index in [-0.39, 0.29) is 11.7 Å². The first-order valence-electron chi connectivity index (χ1n) is 11.4. The van der Waals surface area contributed by atoms with Crippen LogP contribution in [0.4, 0.5) is 4.39 Å². The first kappa shape index (κ1) is 22.8. The van der Waals surface area contributed by atoms with Crippen LogP contribution in [0, 0.1) is 18.7 Å². The average Bonchev–Trinajstić information content (AvgIpc) is 2.83. The lowest BCUT2D eigenvalue weighted by Crippen LogP contribution is -2.39. The first-order valence-corrected chi connectivity index (χ1v) is 11.4. The molecule has 0 bridgehead atoms. The Morgan fingerprint density at radius 3 is 2.67 bits per heavy atom. The molecule has 0 aliphatic heterocycles. The van der Waals surface area contributed by atoms with E-state index in [0.29, 0.717) is 24.1 Å². The number of amides is 1. The van der Waals surface area contributed by atoms with Gasteiger partial charge in [0.05, 0.1) is 5.69 Å². The van der Waals surface area contributed by atoms with E-state index >= 15 is 0 Å². The number of pyridine rings is 1. The Morgan fingerprint density at radius 2 is 1.94 bits per heavy atom. The van der Waals surface area contributed by atoms with Crippen molar-refractivity contribution in [2.24, 2.45) is 5.92 Å². The lowest BCUT2D eigenvalue weighted by Gasteiger charge is -2.29. The smallest absolute Gasteiger partial charge is 0.260 e. The van der Waals surface area contributed by atoms with Gasteiger partial charge in [0.25, 0.3) is 5.91 Å².